The van der Waals surface area contributed by atoms with Crippen LogP contribution in [-0.4, -0.2) is 30.8 Å². The van der Waals surface area contributed by atoms with Gasteiger partial charge in [0.1, 0.15) is 6.61 Å². The molecule has 0 spiro atoms. The minimum atomic E-state index is -0.596. The van der Waals surface area contributed by atoms with Gasteiger partial charge in [-0.3, -0.25) is 0 Å². The molecular weight excluding hydrogens is 308 g/mol. The van der Waals surface area contributed by atoms with Gasteiger partial charge in [0.2, 0.25) is 0 Å². The molecule has 0 fully saturated rings. The van der Waals surface area contributed by atoms with Gasteiger partial charge >= 0.3 is 11.9 Å². The van der Waals surface area contributed by atoms with Gasteiger partial charge in [0.05, 0.1) is 17.4 Å². The number of carbonyl (C=O) groups is 2. The molecule has 2 atom stereocenters. The summed E-state index contributed by atoms with van der Waals surface area (Å²) in [5, 5.41) is 0. The van der Waals surface area contributed by atoms with Crippen LogP contribution in [0.25, 0.3) is 0 Å². The standard InChI is InChI=1S/C19H16O5/c20-18(14-7-3-1-4-8-14)23-13-17-16(11-12-22-17)24-19(21)15-9-5-2-6-10-15/h1-12,16-17H,13H2/t16-,17+/m0/s1. The average molecular weight is 324 g/mol. The van der Waals surface area contributed by atoms with Crippen LogP contribution in [0, 0.1) is 0 Å². The lowest BCUT2D eigenvalue weighted by Crippen LogP contribution is -2.32. The molecule has 0 radical (unpaired) electrons. The Morgan fingerprint density at radius 3 is 2.08 bits per heavy atom. The maximum Gasteiger partial charge on any atom is 0.338 e. The number of ether oxygens (including phenoxy) is 3. The predicted molar refractivity (Wildman–Crippen MR) is 86.4 cm³/mol. The first-order valence-corrected chi connectivity index (χ1v) is 7.54. The van der Waals surface area contributed by atoms with Crippen LogP contribution in [0.2, 0.25) is 0 Å². The van der Waals surface area contributed by atoms with Crippen molar-refractivity contribution in [1.82, 2.24) is 0 Å². The van der Waals surface area contributed by atoms with E-state index in [0.717, 1.165) is 0 Å². The van der Waals surface area contributed by atoms with Gasteiger partial charge in [-0.25, -0.2) is 9.59 Å². The molecule has 0 aromatic heterocycles. The summed E-state index contributed by atoms with van der Waals surface area (Å²) >= 11 is 0. The van der Waals surface area contributed by atoms with Crippen molar-refractivity contribution in [3.05, 3.63) is 84.1 Å². The third-order valence-electron chi connectivity index (χ3n) is 3.53. The molecule has 1 aliphatic heterocycles. The van der Waals surface area contributed by atoms with Crippen molar-refractivity contribution in [2.75, 3.05) is 6.61 Å². The number of carbonyl (C=O) groups excluding carboxylic acids is 2. The number of hydrogen-bond acceptors (Lipinski definition) is 5. The summed E-state index contributed by atoms with van der Waals surface area (Å²) in [5.41, 5.74) is 0.916. The first-order chi connectivity index (χ1) is 11.7. The fourth-order valence-electron chi connectivity index (χ4n) is 2.26. The maximum atomic E-state index is 12.1. The number of esters is 2. The summed E-state index contributed by atoms with van der Waals surface area (Å²) in [7, 11) is 0. The Balaban J connectivity index is 1.55. The lowest BCUT2D eigenvalue weighted by atomic mass is 10.2. The van der Waals surface area contributed by atoms with Gasteiger partial charge < -0.3 is 14.2 Å². The highest BCUT2D eigenvalue weighted by Crippen LogP contribution is 2.17. The largest absolute Gasteiger partial charge is 0.490 e. The fourth-order valence-corrected chi connectivity index (χ4v) is 2.26. The predicted octanol–water partition coefficient (Wildman–Crippen LogP) is 2.98. The van der Waals surface area contributed by atoms with E-state index < -0.39 is 24.1 Å². The van der Waals surface area contributed by atoms with Crippen molar-refractivity contribution in [2.24, 2.45) is 0 Å². The second-order valence-corrected chi connectivity index (χ2v) is 5.20. The summed E-state index contributed by atoms with van der Waals surface area (Å²) in [5.74, 6) is -0.894. The highest BCUT2D eigenvalue weighted by molar-refractivity contribution is 5.90. The monoisotopic (exact) mass is 324 g/mol. The smallest absolute Gasteiger partial charge is 0.338 e. The molecule has 0 saturated heterocycles. The molecule has 1 heterocycles. The first kappa shape index (κ1) is 15.8. The Morgan fingerprint density at radius 1 is 0.875 bits per heavy atom. The summed E-state index contributed by atoms with van der Waals surface area (Å²) in [6.45, 7) is -0.00648. The van der Waals surface area contributed by atoms with E-state index in [0.29, 0.717) is 11.1 Å². The topological polar surface area (TPSA) is 61.8 Å². The molecule has 2 aromatic rings. The molecular formula is C19H16O5. The van der Waals surface area contributed by atoms with Gasteiger partial charge in [-0.15, -0.1) is 0 Å². The number of hydrogen-bond donors (Lipinski definition) is 0. The molecule has 0 N–H and O–H groups in total. The Morgan fingerprint density at radius 2 is 1.46 bits per heavy atom. The molecule has 0 aliphatic carbocycles. The minimum Gasteiger partial charge on any atom is -0.490 e. The van der Waals surface area contributed by atoms with Crippen LogP contribution in [0.5, 0.6) is 0 Å². The zero-order chi connectivity index (χ0) is 16.8. The first-order valence-electron chi connectivity index (χ1n) is 7.54. The molecule has 122 valence electrons. The highest BCUT2D eigenvalue weighted by Gasteiger charge is 2.30. The summed E-state index contributed by atoms with van der Waals surface area (Å²) in [6.07, 6.45) is 1.93. The van der Waals surface area contributed by atoms with Crippen molar-refractivity contribution in [1.29, 1.82) is 0 Å². The third-order valence-corrected chi connectivity index (χ3v) is 3.53. The Bertz CT molecular complexity index is 724. The van der Waals surface area contributed by atoms with Crippen LogP contribution >= 0.6 is 0 Å². The van der Waals surface area contributed by atoms with E-state index in [4.69, 9.17) is 14.2 Å². The Kier molecular flexibility index (Phi) is 4.91. The molecule has 5 nitrogen and oxygen atoms in total. The second-order valence-electron chi connectivity index (χ2n) is 5.20. The van der Waals surface area contributed by atoms with Gasteiger partial charge in [-0.2, -0.15) is 0 Å². The van der Waals surface area contributed by atoms with Crippen LogP contribution in [0.1, 0.15) is 20.7 Å². The lowest BCUT2D eigenvalue weighted by molar-refractivity contribution is -0.0189. The highest BCUT2D eigenvalue weighted by atomic mass is 16.6. The van der Waals surface area contributed by atoms with E-state index in [1.54, 1.807) is 54.6 Å². The molecule has 1 aliphatic rings. The van der Waals surface area contributed by atoms with Crippen molar-refractivity contribution in [3.8, 4) is 0 Å². The zero-order valence-corrected chi connectivity index (χ0v) is 12.8. The van der Waals surface area contributed by atoms with E-state index in [1.807, 2.05) is 12.1 Å². The van der Waals surface area contributed by atoms with Crippen LogP contribution in [-0.2, 0) is 14.2 Å². The van der Waals surface area contributed by atoms with Crippen LogP contribution in [0.3, 0.4) is 0 Å². The molecule has 0 unspecified atom stereocenters. The molecule has 0 bridgehead atoms. The summed E-state index contributed by atoms with van der Waals surface area (Å²) in [4.78, 5) is 24.0. The van der Waals surface area contributed by atoms with E-state index in [9.17, 15) is 9.59 Å². The van der Waals surface area contributed by atoms with Crippen LogP contribution in [0.15, 0.2) is 73.0 Å². The second kappa shape index (κ2) is 7.46. The Labute approximate surface area is 139 Å². The molecule has 3 rings (SSSR count). The van der Waals surface area contributed by atoms with E-state index >= 15 is 0 Å². The van der Waals surface area contributed by atoms with Crippen molar-refractivity contribution < 1.29 is 23.8 Å². The summed E-state index contributed by atoms with van der Waals surface area (Å²) in [6, 6.07) is 17.4. The molecule has 24 heavy (non-hydrogen) atoms. The molecule has 0 amide bonds. The number of benzene rings is 2. The SMILES string of the molecule is O=C(OC[C@H]1OC=C[C@@H]1OC(=O)c1ccccc1)c1ccccc1. The van der Waals surface area contributed by atoms with E-state index in [1.165, 1.54) is 6.26 Å². The third kappa shape index (κ3) is 3.81. The number of rotatable bonds is 5. The fraction of sp³-hybridized carbons (Fsp3) is 0.158. The normalized spacial score (nSPS) is 18.7. The minimum absolute atomic E-state index is 0.00648. The molecule has 2 aromatic carbocycles. The summed E-state index contributed by atoms with van der Waals surface area (Å²) < 4.78 is 16.0. The van der Waals surface area contributed by atoms with Gasteiger partial charge in [0.15, 0.2) is 12.2 Å². The average Bonchev–Trinajstić information content (AvgIpc) is 3.08. The van der Waals surface area contributed by atoms with Gasteiger partial charge in [0, 0.05) is 0 Å². The van der Waals surface area contributed by atoms with Gasteiger partial charge in [-0.1, -0.05) is 36.4 Å². The van der Waals surface area contributed by atoms with E-state index in [-0.39, 0.29) is 6.61 Å². The molecule has 0 saturated carbocycles. The van der Waals surface area contributed by atoms with Gasteiger partial charge in [0.25, 0.3) is 0 Å². The zero-order valence-electron chi connectivity index (χ0n) is 12.8. The van der Waals surface area contributed by atoms with Crippen LogP contribution < -0.4 is 0 Å². The van der Waals surface area contributed by atoms with Crippen LogP contribution in [0.4, 0.5) is 0 Å². The lowest BCUT2D eigenvalue weighted by Gasteiger charge is -2.19. The van der Waals surface area contributed by atoms with Crippen molar-refractivity contribution in [3.63, 3.8) is 0 Å². The van der Waals surface area contributed by atoms with Crippen molar-refractivity contribution >= 4 is 11.9 Å². The van der Waals surface area contributed by atoms with E-state index in [2.05, 4.69) is 0 Å². The maximum absolute atomic E-state index is 12.1. The molecule has 5 heteroatoms. The Hall–Kier alpha value is -3.08. The van der Waals surface area contributed by atoms with Gasteiger partial charge in [-0.05, 0) is 30.3 Å². The quantitative estimate of drug-likeness (QED) is 0.791. The van der Waals surface area contributed by atoms with Crippen molar-refractivity contribution in [2.45, 2.75) is 12.2 Å².